The van der Waals surface area contributed by atoms with E-state index in [0.717, 1.165) is 19.3 Å². The highest BCUT2D eigenvalue weighted by Gasteiger charge is 2.57. The molecule has 0 bridgehead atoms. The summed E-state index contributed by atoms with van der Waals surface area (Å²) in [6.07, 6.45) is 15.5. The van der Waals surface area contributed by atoms with Crippen LogP contribution in [0.2, 0.25) is 0 Å². The first-order valence-electron chi connectivity index (χ1n) is 9.69. The second-order valence-corrected chi connectivity index (χ2v) is 10.1. The van der Waals surface area contributed by atoms with Gasteiger partial charge in [-0.3, -0.25) is 0 Å². The van der Waals surface area contributed by atoms with Gasteiger partial charge in [-0.15, -0.1) is 11.6 Å². The largest absolute Gasteiger partial charge is 0.467 e. The fourth-order valence-electron chi connectivity index (χ4n) is 2.81. The fraction of sp³-hybridized carbons (Fsp3) is 0.947. The van der Waals surface area contributed by atoms with E-state index in [1.807, 2.05) is 0 Å². The van der Waals surface area contributed by atoms with Crippen LogP contribution in [0.25, 0.3) is 0 Å². The van der Waals surface area contributed by atoms with E-state index in [2.05, 4.69) is 11.7 Å². The van der Waals surface area contributed by atoms with Gasteiger partial charge in [0, 0.05) is 0 Å². The zero-order valence-electron chi connectivity index (χ0n) is 16.0. The lowest BCUT2D eigenvalue weighted by Crippen LogP contribution is -2.49. The first-order valence-corrected chi connectivity index (χ1v) is 11.6. The van der Waals surface area contributed by atoms with Crippen molar-refractivity contribution in [1.29, 1.82) is 0 Å². The normalized spacial score (nSPS) is 13.7. The van der Waals surface area contributed by atoms with Crippen LogP contribution in [0, 0.1) is 0 Å². The minimum atomic E-state index is -2.10. The fourth-order valence-corrected chi connectivity index (χ4v) is 4.03. The molecule has 0 aromatic carbocycles. The number of methoxy groups -OCH3 is 1. The number of rotatable bonds is 16. The zero-order valence-corrected chi connectivity index (χ0v) is 19.8. The van der Waals surface area contributed by atoms with Crippen LogP contribution in [-0.2, 0) is 9.53 Å². The van der Waals surface area contributed by atoms with Gasteiger partial charge in [-0.05, 0) is 6.42 Å². The van der Waals surface area contributed by atoms with E-state index in [4.69, 9.17) is 58.0 Å². The van der Waals surface area contributed by atoms with Gasteiger partial charge in [0.05, 0.1) is 12.5 Å². The molecule has 0 aliphatic heterocycles. The molecular weight excluding hydrogens is 437 g/mol. The Kier molecular flexibility index (Phi) is 15.4. The van der Waals surface area contributed by atoms with Crippen molar-refractivity contribution in [3.63, 3.8) is 0 Å². The van der Waals surface area contributed by atoms with Gasteiger partial charge in [0.25, 0.3) is 0 Å². The Bertz CT molecular complexity index is 375. The summed E-state index contributed by atoms with van der Waals surface area (Å²) in [4.78, 5) is 11.6. The van der Waals surface area contributed by atoms with E-state index in [9.17, 15) is 4.79 Å². The van der Waals surface area contributed by atoms with E-state index < -0.39 is 20.0 Å². The molecule has 0 saturated heterocycles. The average molecular weight is 471 g/mol. The first kappa shape index (κ1) is 26.9. The molecule has 0 aliphatic rings. The molecule has 0 spiro atoms. The van der Waals surface area contributed by atoms with Crippen molar-refractivity contribution in [3.05, 3.63) is 0 Å². The molecule has 156 valence electrons. The van der Waals surface area contributed by atoms with E-state index in [1.54, 1.807) is 0 Å². The Labute approximate surface area is 184 Å². The molecule has 0 aromatic rings. The first-order chi connectivity index (χ1) is 12.2. The highest BCUT2D eigenvalue weighted by Crippen LogP contribution is 2.48. The number of carbonyl (C=O) groups is 1. The van der Waals surface area contributed by atoms with Crippen LogP contribution in [-0.4, -0.2) is 27.1 Å². The number of ether oxygens (including phenoxy) is 1. The summed E-state index contributed by atoms with van der Waals surface area (Å²) in [5, 5.41) is -0.747. The summed E-state index contributed by atoms with van der Waals surface area (Å²) in [6.45, 7) is 2.24. The van der Waals surface area contributed by atoms with Crippen LogP contribution < -0.4 is 0 Å². The lowest BCUT2D eigenvalue weighted by molar-refractivity contribution is -0.141. The SMILES string of the molecule is CCCCCCCCCCCCCCC(Cl)C(Cl)(Cl)C(Cl)(Cl)C(=O)OC. The number of halogens is 5. The molecule has 0 rings (SSSR count). The van der Waals surface area contributed by atoms with Crippen molar-refractivity contribution in [3.8, 4) is 0 Å². The Hall–Kier alpha value is 0.920. The Morgan fingerprint density at radius 1 is 0.808 bits per heavy atom. The molecule has 0 radical (unpaired) electrons. The number of hydrogen-bond acceptors (Lipinski definition) is 2. The van der Waals surface area contributed by atoms with Crippen molar-refractivity contribution in [2.45, 2.75) is 104 Å². The summed E-state index contributed by atoms with van der Waals surface area (Å²) in [7, 11) is 1.17. The van der Waals surface area contributed by atoms with Gasteiger partial charge in [0.2, 0.25) is 4.33 Å². The van der Waals surface area contributed by atoms with Gasteiger partial charge < -0.3 is 4.74 Å². The number of unbranched alkanes of at least 4 members (excludes halogenated alkanes) is 11. The monoisotopic (exact) mass is 468 g/mol. The van der Waals surface area contributed by atoms with Crippen LogP contribution in [0.4, 0.5) is 0 Å². The van der Waals surface area contributed by atoms with Crippen molar-refractivity contribution >= 4 is 64.0 Å². The quantitative estimate of drug-likeness (QED) is 0.129. The van der Waals surface area contributed by atoms with Crippen molar-refractivity contribution in [2.24, 2.45) is 0 Å². The summed E-state index contributed by atoms with van der Waals surface area (Å²) >= 11 is 30.5. The number of carbonyl (C=O) groups excluding carboxylic acids is 1. The van der Waals surface area contributed by atoms with E-state index in [-0.39, 0.29) is 0 Å². The zero-order chi connectivity index (χ0) is 20.1. The molecule has 0 aromatic heterocycles. The maximum Gasteiger partial charge on any atom is 0.345 e. The van der Waals surface area contributed by atoms with Gasteiger partial charge in [-0.25, -0.2) is 4.79 Å². The minimum absolute atomic E-state index is 0.532. The molecule has 0 fully saturated rings. The van der Waals surface area contributed by atoms with Crippen molar-refractivity contribution < 1.29 is 9.53 Å². The number of esters is 1. The molecule has 0 aliphatic carbocycles. The van der Waals surface area contributed by atoms with Gasteiger partial charge in [-0.2, -0.15) is 0 Å². The lowest BCUT2D eigenvalue weighted by atomic mass is 10.0. The predicted molar refractivity (Wildman–Crippen MR) is 116 cm³/mol. The standard InChI is InChI=1S/C19H33Cl5O2/c1-3-4-5-6-7-8-9-10-11-12-13-14-15-16(20)18(21,22)19(23,24)17(25)26-2/h16H,3-15H2,1-2H3. The molecule has 0 amide bonds. The Morgan fingerprint density at radius 3 is 1.58 bits per heavy atom. The summed E-state index contributed by atoms with van der Waals surface area (Å²) in [6, 6.07) is 0. The van der Waals surface area contributed by atoms with Gasteiger partial charge >= 0.3 is 5.97 Å². The number of alkyl halides is 5. The molecule has 0 N–H and O–H groups in total. The summed E-state index contributed by atoms with van der Waals surface area (Å²) < 4.78 is 0.619. The van der Waals surface area contributed by atoms with Crippen LogP contribution in [0.3, 0.4) is 0 Å². The topological polar surface area (TPSA) is 26.3 Å². The van der Waals surface area contributed by atoms with Crippen molar-refractivity contribution in [2.75, 3.05) is 7.11 Å². The molecular formula is C19H33Cl5O2. The molecule has 26 heavy (non-hydrogen) atoms. The Balaban J connectivity index is 3.79. The predicted octanol–water partition coefficient (Wildman–Crippen LogP) is 8.21. The maximum atomic E-state index is 11.6. The average Bonchev–Trinajstić information content (AvgIpc) is 2.61. The molecule has 0 saturated carbocycles. The van der Waals surface area contributed by atoms with Crippen LogP contribution in [0.1, 0.15) is 90.4 Å². The molecule has 1 unspecified atom stereocenters. The third-order valence-electron chi connectivity index (χ3n) is 4.56. The van der Waals surface area contributed by atoms with Crippen LogP contribution in [0.15, 0.2) is 0 Å². The van der Waals surface area contributed by atoms with Crippen LogP contribution in [0.5, 0.6) is 0 Å². The Morgan fingerprint density at radius 2 is 1.19 bits per heavy atom. The highest BCUT2D eigenvalue weighted by atomic mass is 35.5. The third kappa shape index (κ3) is 9.92. The second kappa shape index (κ2) is 14.9. The van der Waals surface area contributed by atoms with Crippen molar-refractivity contribution in [1.82, 2.24) is 0 Å². The van der Waals surface area contributed by atoms with E-state index in [0.29, 0.717) is 6.42 Å². The summed E-state index contributed by atoms with van der Waals surface area (Å²) in [5.41, 5.74) is 0. The smallest absolute Gasteiger partial charge is 0.345 e. The van der Waals surface area contributed by atoms with Gasteiger partial charge in [-0.1, -0.05) is 130 Å². The van der Waals surface area contributed by atoms with E-state index >= 15 is 0 Å². The second-order valence-electron chi connectivity index (χ2n) is 6.83. The molecule has 1 atom stereocenters. The maximum absolute atomic E-state index is 11.6. The van der Waals surface area contributed by atoms with Gasteiger partial charge in [0.1, 0.15) is 0 Å². The van der Waals surface area contributed by atoms with Crippen LogP contribution >= 0.6 is 58.0 Å². The molecule has 0 heterocycles. The summed E-state index contributed by atoms with van der Waals surface area (Å²) in [5.74, 6) is -0.911. The third-order valence-corrected chi connectivity index (χ3v) is 7.72. The minimum Gasteiger partial charge on any atom is -0.467 e. The van der Waals surface area contributed by atoms with E-state index in [1.165, 1.54) is 64.9 Å². The van der Waals surface area contributed by atoms with Gasteiger partial charge in [0.15, 0.2) is 4.33 Å². The number of hydrogen-bond donors (Lipinski definition) is 0. The lowest BCUT2D eigenvalue weighted by Gasteiger charge is -2.33. The highest BCUT2D eigenvalue weighted by molar-refractivity contribution is 6.69. The molecule has 7 heteroatoms. The molecule has 2 nitrogen and oxygen atoms in total.